The van der Waals surface area contributed by atoms with Crippen molar-refractivity contribution in [2.75, 3.05) is 18.5 Å². The van der Waals surface area contributed by atoms with Crippen LogP contribution < -0.4 is 15.4 Å². The van der Waals surface area contributed by atoms with E-state index in [-0.39, 0.29) is 12.4 Å². The van der Waals surface area contributed by atoms with Crippen LogP contribution in [0.3, 0.4) is 0 Å². The lowest BCUT2D eigenvalue weighted by molar-refractivity contribution is 0.252. The van der Waals surface area contributed by atoms with E-state index in [2.05, 4.69) is 47.0 Å². The van der Waals surface area contributed by atoms with Gasteiger partial charge < -0.3 is 15.4 Å². The molecule has 4 rings (SSSR count). The Morgan fingerprint density at radius 3 is 3.00 bits per heavy atom. The summed E-state index contributed by atoms with van der Waals surface area (Å²) in [4.78, 5) is 0. The van der Waals surface area contributed by atoms with Gasteiger partial charge in [0.05, 0.1) is 6.61 Å². The molecule has 0 radical (unpaired) electrons. The highest BCUT2D eigenvalue weighted by Gasteiger charge is 2.21. The molecule has 3 nitrogen and oxygen atoms in total. The van der Waals surface area contributed by atoms with Gasteiger partial charge in [0.25, 0.3) is 0 Å². The molecule has 1 atom stereocenters. The Labute approximate surface area is 137 Å². The van der Waals surface area contributed by atoms with E-state index in [1.165, 1.54) is 22.4 Å². The lowest BCUT2D eigenvalue weighted by Gasteiger charge is -2.27. The molecule has 0 spiro atoms. The van der Waals surface area contributed by atoms with Gasteiger partial charge in [0.1, 0.15) is 5.75 Å². The van der Waals surface area contributed by atoms with Crippen LogP contribution in [0.1, 0.15) is 29.2 Å². The Kier molecular flexibility index (Phi) is 4.55. The number of hydrogen-bond acceptors (Lipinski definition) is 3. The van der Waals surface area contributed by atoms with E-state index in [1.54, 1.807) is 0 Å². The van der Waals surface area contributed by atoms with E-state index >= 15 is 0 Å². The van der Waals surface area contributed by atoms with Crippen LogP contribution in [0, 0.1) is 0 Å². The first-order valence-corrected chi connectivity index (χ1v) is 7.71. The fraction of sp³-hybridized carbons (Fsp3) is 0.333. The van der Waals surface area contributed by atoms with Gasteiger partial charge >= 0.3 is 0 Å². The SMILES string of the molecule is Cl.c1cc2c(c(CNC3CCOc4ccccc43)c1)NCC2. The number of fused-ring (bicyclic) bond motifs is 2. The smallest absolute Gasteiger partial charge is 0.124 e. The average Bonchev–Trinajstić information content (AvgIpc) is 3.02. The summed E-state index contributed by atoms with van der Waals surface area (Å²) in [6, 6.07) is 15.3. The number of nitrogens with one attached hydrogen (secondary N) is 2. The molecule has 1 unspecified atom stereocenters. The van der Waals surface area contributed by atoms with Crippen molar-refractivity contribution in [1.29, 1.82) is 0 Å². The Morgan fingerprint density at radius 1 is 1.14 bits per heavy atom. The molecule has 2 aromatic carbocycles. The van der Waals surface area contributed by atoms with Gasteiger partial charge in [0.15, 0.2) is 0 Å². The second-order valence-electron chi connectivity index (χ2n) is 5.74. The first-order valence-electron chi connectivity index (χ1n) is 7.71. The van der Waals surface area contributed by atoms with Crippen LogP contribution in [0.5, 0.6) is 5.75 Å². The van der Waals surface area contributed by atoms with Gasteiger partial charge in [-0.1, -0.05) is 36.4 Å². The number of benzene rings is 2. The number of ether oxygens (including phenoxy) is 1. The lowest BCUT2D eigenvalue weighted by Crippen LogP contribution is -2.27. The molecule has 2 aliphatic heterocycles. The average molecular weight is 317 g/mol. The standard InChI is InChI=1S/C18H20N2O.ClH/c1-2-7-17-15(6-1)16(9-11-21-17)20-12-14-5-3-4-13-8-10-19-18(13)14;/h1-7,16,19-20H,8-12H2;1H. The molecule has 2 aliphatic rings. The molecule has 0 bridgehead atoms. The summed E-state index contributed by atoms with van der Waals surface area (Å²) >= 11 is 0. The lowest BCUT2D eigenvalue weighted by atomic mass is 10.00. The largest absolute Gasteiger partial charge is 0.493 e. The van der Waals surface area contributed by atoms with Gasteiger partial charge in [0, 0.05) is 36.8 Å². The molecule has 0 aromatic heterocycles. The quantitative estimate of drug-likeness (QED) is 0.906. The highest BCUT2D eigenvalue weighted by molar-refractivity contribution is 5.85. The maximum Gasteiger partial charge on any atom is 0.124 e. The van der Waals surface area contributed by atoms with Crippen LogP contribution >= 0.6 is 12.4 Å². The van der Waals surface area contributed by atoms with E-state index < -0.39 is 0 Å². The number of anilines is 1. The monoisotopic (exact) mass is 316 g/mol. The van der Waals surface area contributed by atoms with Crippen LogP contribution in [0.4, 0.5) is 5.69 Å². The molecule has 0 saturated carbocycles. The van der Waals surface area contributed by atoms with Crippen LogP contribution in [-0.2, 0) is 13.0 Å². The first-order chi connectivity index (χ1) is 10.4. The predicted octanol–water partition coefficient (Wildman–Crippen LogP) is 3.69. The van der Waals surface area contributed by atoms with Crippen molar-refractivity contribution < 1.29 is 4.74 Å². The molecule has 0 aliphatic carbocycles. The van der Waals surface area contributed by atoms with Gasteiger partial charge in [-0.05, 0) is 23.6 Å². The molecule has 2 N–H and O–H groups in total. The molecule has 2 aromatic rings. The maximum absolute atomic E-state index is 5.73. The summed E-state index contributed by atoms with van der Waals surface area (Å²) in [5.41, 5.74) is 5.44. The second-order valence-corrected chi connectivity index (χ2v) is 5.74. The zero-order valence-electron chi connectivity index (χ0n) is 12.5. The van der Waals surface area contributed by atoms with Crippen molar-refractivity contribution in [1.82, 2.24) is 5.32 Å². The van der Waals surface area contributed by atoms with E-state index in [0.717, 1.165) is 38.3 Å². The van der Waals surface area contributed by atoms with E-state index in [1.807, 2.05) is 6.07 Å². The molecule has 4 heteroatoms. The Balaban J connectivity index is 0.00000144. The fourth-order valence-electron chi connectivity index (χ4n) is 3.35. The van der Waals surface area contributed by atoms with Gasteiger partial charge in [0.2, 0.25) is 0 Å². The molecule has 2 heterocycles. The first kappa shape index (κ1) is 15.2. The third-order valence-corrected chi connectivity index (χ3v) is 4.43. The summed E-state index contributed by atoms with van der Waals surface area (Å²) in [6.45, 7) is 2.75. The van der Waals surface area contributed by atoms with Crippen LogP contribution in [-0.4, -0.2) is 13.2 Å². The molecule has 0 saturated heterocycles. The summed E-state index contributed by atoms with van der Waals surface area (Å²) in [5.74, 6) is 1.03. The van der Waals surface area contributed by atoms with Gasteiger partial charge in [-0.25, -0.2) is 0 Å². The zero-order chi connectivity index (χ0) is 14.1. The molecule has 22 heavy (non-hydrogen) atoms. The fourth-order valence-corrected chi connectivity index (χ4v) is 3.35. The highest BCUT2D eigenvalue weighted by Crippen LogP contribution is 2.32. The molecular formula is C18H21ClN2O. The molecule has 0 amide bonds. The summed E-state index contributed by atoms with van der Waals surface area (Å²) in [5, 5.41) is 7.21. The third kappa shape index (κ3) is 2.79. The Morgan fingerprint density at radius 2 is 2.05 bits per heavy atom. The van der Waals surface area contributed by atoms with Crippen molar-refractivity contribution in [3.8, 4) is 5.75 Å². The molecule has 0 fully saturated rings. The van der Waals surface area contributed by atoms with Crippen LogP contribution in [0.15, 0.2) is 42.5 Å². The Hall–Kier alpha value is -1.71. The number of para-hydroxylation sites is 2. The van der Waals surface area contributed by atoms with Crippen molar-refractivity contribution in [2.24, 2.45) is 0 Å². The van der Waals surface area contributed by atoms with Crippen LogP contribution in [0.25, 0.3) is 0 Å². The number of rotatable bonds is 3. The van der Waals surface area contributed by atoms with Crippen molar-refractivity contribution in [2.45, 2.75) is 25.4 Å². The maximum atomic E-state index is 5.73. The summed E-state index contributed by atoms with van der Waals surface area (Å²) < 4.78 is 5.73. The second kappa shape index (κ2) is 6.59. The number of halogens is 1. The highest BCUT2D eigenvalue weighted by atomic mass is 35.5. The number of hydrogen-bond donors (Lipinski definition) is 2. The van der Waals surface area contributed by atoms with Gasteiger partial charge in [-0.15, -0.1) is 12.4 Å². The minimum absolute atomic E-state index is 0. The minimum Gasteiger partial charge on any atom is -0.493 e. The van der Waals surface area contributed by atoms with Crippen molar-refractivity contribution in [3.63, 3.8) is 0 Å². The molecule has 116 valence electrons. The topological polar surface area (TPSA) is 33.3 Å². The summed E-state index contributed by atoms with van der Waals surface area (Å²) in [7, 11) is 0. The zero-order valence-corrected chi connectivity index (χ0v) is 13.3. The van der Waals surface area contributed by atoms with Crippen molar-refractivity contribution >= 4 is 18.1 Å². The third-order valence-electron chi connectivity index (χ3n) is 4.43. The van der Waals surface area contributed by atoms with E-state index in [0.29, 0.717) is 6.04 Å². The van der Waals surface area contributed by atoms with Crippen LogP contribution in [0.2, 0.25) is 0 Å². The molecular weight excluding hydrogens is 296 g/mol. The normalized spacial score (nSPS) is 18.5. The van der Waals surface area contributed by atoms with E-state index in [9.17, 15) is 0 Å². The predicted molar refractivity (Wildman–Crippen MR) is 92.0 cm³/mol. The van der Waals surface area contributed by atoms with E-state index in [4.69, 9.17) is 4.74 Å². The minimum atomic E-state index is 0. The van der Waals surface area contributed by atoms with Crippen molar-refractivity contribution in [3.05, 3.63) is 59.2 Å². The summed E-state index contributed by atoms with van der Waals surface area (Å²) in [6.07, 6.45) is 2.17. The van der Waals surface area contributed by atoms with Gasteiger partial charge in [-0.2, -0.15) is 0 Å². The van der Waals surface area contributed by atoms with Gasteiger partial charge in [-0.3, -0.25) is 0 Å². The Bertz CT molecular complexity index is 659.